The van der Waals surface area contributed by atoms with Gasteiger partial charge in [-0.2, -0.15) is 0 Å². The first-order valence-electron chi connectivity index (χ1n) is 6.36. The van der Waals surface area contributed by atoms with Gasteiger partial charge in [0.05, 0.1) is 11.5 Å². The smallest absolute Gasteiger partial charge is 0.320 e. The molecule has 6 nitrogen and oxygen atoms in total. The zero-order valence-corrected chi connectivity index (χ0v) is 12.2. The predicted octanol–water partition coefficient (Wildman–Crippen LogP) is 2.33. The molecular weight excluding hydrogens is 260 g/mol. The van der Waals surface area contributed by atoms with Crippen molar-refractivity contribution in [3.8, 4) is 0 Å². The highest BCUT2D eigenvalue weighted by atomic mass is 16.6. The van der Waals surface area contributed by atoms with E-state index in [1.54, 1.807) is 39.8 Å². The largest absolute Gasteiger partial charge is 0.459 e. The van der Waals surface area contributed by atoms with E-state index in [-0.39, 0.29) is 18.2 Å². The monoisotopic (exact) mass is 280 g/mol. The van der Waals surface area contributed by atoms with Crippen LogP contribution in [0.4, 0.5) is 5.69 Å². The molecule has 0 saturated carbocycles. The van der Waals surface area contributed by atoms with Crippen LogP contribution in [-0.2, 0) is 16.1 Å². The summed E-state index contributed by atoms with van der Waals surface area (Å²) in [5.74, 6) is -0.347. The minimum absolute atomic E-state index is 0.0689. The second kappa shape index (κ2) is 6.47. The summed E-state index contributed by atoms with van der Waals surface area (Å²) in [6.45, 7) is 7.55. The minimum Gasteiger partial charge on any atom is -0.459 e. The van der Waals surface area contributed by atoms with Crippen molar-refractivity contribution in [1.29, 1.82) is 0 Å². The molecular formula is C14H20N2O4. The molecule has 0 spiro atoms. The first-order chi connectivity index (χ1) is 9.20. The van der Waals surface area contributed by atoms with Gasteiger partial charge in [0, 0.05) is 18.2 Å². The Hall–Kier alpha value is -1.95. The minimum atomic E-state index is -0.514. The van der Waals surface area contributed by atoms with Crippen LogP contribution in [0, 0.1) is 17.0 Å². The van der Waals surface area contributed by atoms with Crippen LogP contribution < -0.4 is 5.32 Å². The van der Waals surface area contributed by atoms with Crippen molar-refractivity contribution < 1.29 is 14.5 Å². The van der Waals surface area contributed by atoms with Crippen LogP contribution in [0.1, 0.15) is 31.9 Å². The Labute approximate surface area is 118 Å². The van der Waals surface area contributed by atoms with Gasteiger partial charge in [-0.15, -0.1) is 0 Å². The standard InChI is InChI=1S/C14H20N2O4/c1-10-11(6-5-7-12(10)16(18)19)8-15-9-13(17)20-14(2,3)4/h5-7,15H,8-9H2,1-4H3. The van der Waals surface area contributed by atoms with Gasteiger partial charge in [-0.05, 0) is 33.3 Å². The third-order valence-corrected chi connectivity index (χ3v) is 2.62. The van der Waals surface area contributed by atoms with Crippen molar-refractivity contribution in [2.45, 2.75) is 39.8 Å². The molecule has 1 N–H and O–H groups in total. The molecule has 20 heavy (non-hydrogen) atoms. The quantitative estimate of drug-likeness (QED) is 0.508. The number of benzene rings is 1. The molecule has 0 fully saturated rings. The number of hydrogen-bond donors (Lipinski definition) is 1. The van der Waals surface area contributed by atoms with Gasteiger partial charge in [-0.25, -0.2) is 0 Å². The average Bonchev–Trinajstić information content (AvgIpc) is 2.28. The summed E-state index contributed by atoms with van der Waals surface area (Å²) in [4.78, 5) is 21.9. The first-order valence-corrected chi connectivity index (χ1v) is 6.36. The number of esters is 1. The van der Waals surface area contributed by atoms with Crippen LogP contribution in [0.15, 0.2) is 18.2 Å². The fraction of sp³-hybridized carbons (Fsp3) is 0.500. The number of hydrogen-bond acceptors (Lipinski definition) is 5. The highest BCUT2D eigenvalue weighted by Crippen LogP contribution is 2.20. The van der Waals surface area contributed by atoms with Crippen molar-refractivity contribution in [2.24, 2.45) is 0 Å². The summed E-state index contributed by atoms with van der Waals surface area (Å²) in [5, 5.41) is 13.8. The summed E-state index contributed by atoms with van der Waals surface area (Å²) >= 11 is 0. The van der Waals surface area contributed by atoms with E-state index in [0.717, 1.165) is 5.56 Å². The number of carbonyl (C=O) groups is 1. The fourth-order valence-electron chi connectivity index (χ4n) is 1.74. The van der Waals surface area contributed by atoms with Crippen molar-refractivity contribution >= 4 is 11.7 Å². The van der Waals surface area contributed by atoms with Crippen LogP contribution in [0.2, 0.25) is 0 Å². The van der Waals surface area contributed by atoms with Crippen molar-refractivity contribution in [3.05, 3.63) is 39.4 Å². The van der Waals surface area contributed by atoms with Crippen molar-refractivity contribution in [1.82, 2.24) is 5.32 Å². The molecule has 0 aliphatic carbocycles. The molecule has 1 rings (SSSR count). The Balaban J connectivity index is 2.57. The highest BCUT2D eigenvalue weighted by molar-refractivity contribution is 5.72. The molecule has 1 aromatic carbocycles. The van der Waals surface area contributed by atoms with E-state index in [2.05, 4.69) is 5.32 Å². The van der Waals surface area contributed by atoms with Crippen molar-refractivity contribution in [2.75, 3.05) is 6.54 Å². The lowest BCUT2D eigenvalue weighted by Gasteiger charge is -2.19. The lowest BCUT2D eigenvalue weighted by Crippen LogP contribution is -2.31. The van der Waals surface area contributed by atoms with Crippen LogP contribution in [0.5, 0.6) is 0 Å². The first kappa shape index (κ1) is 16.1. The molecule has 110 valence electrons. The zero-order chi connectivity index (χ0) is 15.3. The van der Waals surface area contributed by atoms with E-state index in [1.165, 1.54) is 6.07 Å². The van der Waals surface area contributed by atoms with E-state index in [1.807, 2.05) is 0 Å². The second-order valence-electron chi connectivity index (χ2n) is 5.51. The molecule has 0 amide bonds. The molecule has 0 aliphatic rings. The van der Waals surface area contributed by atoms with Gasteiger partial charge in [0.25, 0.3) is 5.69 Å². The fourth-order valence-corrected chi connectivity index (χ4v) is 1.74. The van der Waals surface area contributed by atoms with Crippen LogP contribution in [0.3, 0.4) is 0 Å². The van der Waals surface area contributed by atoms with Gasteiger partial charge in [0.1, 0.15) is 5.60 Å². The Bertz CT molecular complexity index is 506. The SMILES string of the molecule is Cc1c(CNCC(=O)OC(C)(C)C)cccc1[N+](=O)[O-]. The molecule has 0 aromatic heterocycles. The molecule has 0 aliphatic heterocycles. The van der Waals surface area contributed by atoms with Crippen LogP contribution in [-0.4, -0.2) is 23.0 Å². The molecule has 6 heteroatoms. The number of ether oxygens (including phenoxy) is 1. The Morgan fingerprint density at radius 1 is 1.40 bits per heavy atom. The Morgan fingerprint density at radius 2 is 2.05 bits per heavy atom. The molecule has 0 radical (unpaired) electrons. The van der Waals surface area contributed by atoms with Crippen molar-refractivity contribution in [3.63, 3.8) is 0 Å². The summed E-state index contributed by atoms with van der Waals surface area (Å²) in [6, 6.07) is 4.90. The summed E-state index contributed by atoms with van der Waals surface area (Å²) in [6.07, 6.45) is 0. The molecule has 0 saturated heterocycles. The van der Waals surface area contributed by atoms with Gasteiger partial charge in [-0.1, -0.05) is 12.1 Å². The third-order valence-electron chi connectivity index (χ3n) is 2.62. The van der Waals surface area contributed by atoms with Gasteiger partial charge in [-0.3, -0.25) is 14.9 Å². The van der Waals surface area contributed by atoms with Gasteiger partial charge in [0.15, 0.2) is 0 Å². The third kappa shape index (κ3) is 4.97. The topological polar surface area (TPSA) is 81.5 Å². The lowest BCUT2D eigenvalue weighted by atomic mass is 10.1. The normalized spacial score (nSPS) is 11.2. The summed E-state index contributed by atoms with van der Waals surface area (Å²) < 4.78 is 5.16. The maximum absolute atomic E-state index is 11.5. The molecule has 0 unspecified atom stereocenters. The van der Waals surface area contributed by atoms with E-state index >= 15 is 0 Å². The molecule has 0 atom stereocenters. The maximum Gasteiger partial charge on any atom is 0.320 e. The van der Waals surface area contributed by atoms with Gasteiger partial charge < -0.3 is 10.1 Å². The number of nitro benzene ring substituents is 1. The van der Waals surface area contributed by atoms with Gasteiger partial charge in [0.2, 0.25) is 0 Å². The number of nitrogens with zero attached hydrogens (tertiary/aromatic N) is 1. The number of carbonyl (C=O) groups excluding carboxylic acids is 1. The predicted molar refractivity (Wildman–Crippen MR) is 75.4 cm³/mol. The number of nitrogens with one attached hydrogen (secondary N) is 1. The van der Waals surface area contributed by atoms with Crippen LogP contribution >= 0.6 is 0 Å². The molecule has 0 bridgehead atoms. The zero-order valence-electron chi connectivity index (χ0n) is 12.2. The van der Waals surface area contributed by atoms with E-state index in [9.17, 15) is 14.9 Å². The van der Waals surface area contributed by atoms with E-state index < -0.39 is 10.5 Å². The Morgan fingerprint density at radius 3 is 2.60 bits per heavy atom. The molecule has 1 aromatic rings. The lowest BCUT2D eigenvalue weighted by molar-refractivity contribution is -0.385. The molecule has 0 heterocycles. The average molecular weight is 280 g/mol. The summed E-state index contributed by atoms with van der Waals surface area (Å²) in [5.41, 5.74) is 0.971. The number of rotatable bonds is 5. The highest BCUT2D eigenvalue weighted by Gasteiger charge is 2.16. The van der Waals surface area contributed by atoms with Gasteiger partial charge >= 0.3 is 5.97 Å². The second-order valence-corrected chi connectivity index (χ2v) is 5.51. The van der Waals surface area contributed by atoms with Crippen LogP contribution in [0.25, 0.3) is 0 Å². The summed E-state index contributed by atoms with van der Waals surface area (Å²) in [7, 11) is 0. The van der Waals surface area contributed by atoms with E-state index in [4.69, 9.17) is 4.74 Å². The number of nitro groups is 1. The maximum atomic E-state index is 11.5. The van der Waals surface area contributed by atoms with E-state index in [0.29, 0.717) is 12.1 Å². The Kier molecular flexibility index (Phi) is 5.21.